The third kappa shape index (κ3) is 3.66. The van der Waals surface area contributed by atoms with Crippen molar-refractivity contribution < 1.29 is 9.59 Å². The Hall–Kier alpha value is -1.32. The monoisotopic (exact) mass is 292 g/mol. The van der Waals surface area contributed by atoms with Gasteiger partial charge >= 0.3 is 0 Å². The quantitative estimate of drug-likeness (QED) is 0.792. The number of piperazine rings is 1. The highest BCUT2D eigenvalue weighted by molar-refractivity contribution is 5.97. The zero-order chi connectivity index (χ0) is 15.2. The fourth-order valence-electron chi connectivity index (χ4n) is 3.62. The van der Waals surface area contributed by atoms with Crippen LogP contribution in [0.25, 0.3) is 0 Å². The van der Waals surface area contributed by atoms with Gasteiger partial charge in [-0.05, 0) is 38.5 Å². The number of allylic oxidation sites excluding steroid dienone is 1. The number of nitrogens with one attached hydrogen (secondary N) is 1. The third-order valence-corrected chi connectivity index (χ3v) is 4.81. The highest BCUT2D eigenvalue weighted by Crippen LogP contribution is 2.29. The molecule has 0 spiro atoms. The standard InChI is InChI=1S/C17H28N2O2/c1-3-5-9-12-19-14(4-2)16(20)18-15(17(19)21)13-10-7-6-8-11-13/h3,5,13-15H,4,6-12H2,1-2H3,(H,18,20)/b5-3+. The Kier molecular flexibility index (Phi) is 5.83. The van der Waals surface area contributed by atoms with Gasteiger partial charge in [0.15, 0.2) is 0 Å². The Balaban J connectivity index is 2.10. The summed E-state index contributed by atoms with van der Waals surface area (Å²) < 4.78 is 0. The van der Waals surface area contributed by atoms with Gasteiger partial charge < -0.3 is 10.2 Å². The van der Waals surface area contributed by atoms with E-state index in [4.69, 9.17) is 0 Å². The van der Waals surface area contributed by atoms with E-state index in [0.29, 0.717) is 18.9 Å². The average molecular weight is 292 g/mol. The van der Waals surface area contributed by atoms with Crippen molar-refractivity contribution in [1.82, 2.24) is 10.2 Å². The Morgan fingerprint density at radius 2 is 1.95 bits per heavy atom. The molecule has 21 heavy (non-hydrogen) atoms. The summed E-state index contributed by atoms with van der Waals surface area (Å²) in [4.78, 5) is 27.0. The second-order valence-corrected chi connectivity index (χ2v) is 6.20. The van der Waals surface area contributed by atoms with Crippen LogP contribution in [0.3, 0.4) is 0 Å². The smallest absolute Gasteiger partial charge is 0.246 e. The van der Waals surface area contributed by atoms with Crippen LogP contribution in [0.4, 0.5) is 0 Å². The summed E-state index contributed by atoms with van der Waals surface area (Å²) in [5, 5.41) is 3.01. The minimum atomic E-state index is -0.289. The lowest BCUT2D eigenvalue weighted by Gasteiger charge is -2.42. The van der Waals surface area contributed by atoms with Crippen LogP contribution in [0.1, 0.15) is 58.8 Å². The predicted molar refractivity (Wildman–Crippen MR) is 83.7 cm³/mol. The first kappa shape index (κ1) is 16.1. The molecule has 2 aliphatic rings. The van der Waals surface area contributed by atoms with Crippen molar-refractivity contribution in [2.75, 3.05) is 6.54 Å². The van der Waals surface area contributed by atoms with Crippen molar-refractivity contribution >= 4 is 11.8 Å². The Morgan fingerprint density at radius 1 is 1.24 bits per heavy atom. The first-order valence-electron chi connectivity index (χ1n) is 8.41. The van der Waals surface area contributed by atoms with E-state index in [1.165, 1.54) is 19.3 Å². The molecule has 1 saturated heterocycles. The Bertz CT molecular complexity index is 400. The number of hydrogen-bond acceptors (Lipinski definition) is 2. The molecule has 2 unspecified atom stereocenters. The fraction of sp³-hybridized carbons (Fsp3) is 0.765. The summed E-state index contributed by atoms with van der Waals surface area (Å²) in [6.45, 7) is 4.60. The van der Waals surface area contributed by atoms with Gasteiger partial charge in [-0.2, -0.15) is 0 Å². The first-order chi connectivity index (χ1) is 10.2. The summed E-state index contributed by atoms with van der Waals surface area (Å²) in [6.07, 6.45) is 11.3. The van der Waals surface area contributed by atoms with E-state index in [1.54, 1.807) is 0 Å². The van der Waals surface area contributed by atoms with Gasteiger partial charge in [-0.25, -0.2) is 0 Å². The van der Waals surface area contributed by atoms with E-state index in [-0.39, 0.29) is 23.9 Å². The number of hydrogen-bond donors (Lipinski definition) is 1. The lowest BCUT2D eigenvalue weighted by Crippen LogP contribution is -2.65. The molecule has 1 N–H and O–H groups in total. The minimum Gasteiger partial charge on any atom is -0.342 e. The molecule has 1 aliphatic heterocycles. The molecule has 0 radical (unpaired) electrons. The van der Waals surface area contributed by atoms with Gasteiger partial charge in [0.2, 0.25) is 11.8 Å². The lowest BCUT2D eigenvalue weighted by molar-refractivity contribution is -0.151. The Labute approximate surface area is 128 Å². The van der Waals surface area contributed by atoms with Crippen LogP contribution in [0.2, 0.25) is 0 Å². The minimum absolute atomic E-state index is 0.0353. The molecule has 0 bridgehead atoms. The molecule has 0 aromatic rings. The number of carbonyl (C=O) groups is 2. The van der Waals surface area contributed by atoms with Crippen molar-refractivity contribution in [1.29, 1.82) is 0 Å². The van der Waals surface area contributed by atoms with Crippen molar-refractivity contribution in [3.8, 4) is 0 Å². The van der Waals surface area contributed by atoms with Crippen molar-refractivity contribution in [3.05, 3.63) is 12.2 Å². The molecule has 1 aliphatic carbocycles. The van der Waals surface area contributed by atoms with Gasteiger partial charge in [-0.15, -0.1) is 0 Å². The number of rotatable bonds is 5. The molecular weight excluding hydrogens is 264 g/mol. The number of nitrogens with zero attached hydrogens (tertiary/aromatic N) is 1. The van der Waals surface area contributed by atoms with Crippen molar-refractivity contribution in [2.45, 2.75) is 70.9 Å². The molecule has 0 aromatic heterocycles. The van der Waals surface area contributed by atoms with Crippen LogP contribution >= 0.6 is 0 Å². The summed E-state index contributed by atoms with van der Waals surface area (Å²) in [5.74, 6) is 0.503. The maximum atomic E-state index is 12.8. The van der Waals surface area contributed by atoms with Crippen molar-refractivity contribution in [3.63, 3.8) is 0 Å². The molecule has 4 nitrogen and oxygen atoms in total. The molecule has 2 amide bonds. The van der Waals surface area contributed by atoms with Gasteiger partial charge in [-0.3, -0.25) is 9.59 Å². The number of amides is 2. The van der Waals surface area contributed by atoms with Gasteiger partial charge in [0.05, 0.1) is 0 Å². The predicted octanol–water partition coefficient (Wildman–Crippen LogP) is 2.64. The van der Waals surface area contributed by atoms with Crippen LogP contribution in [0, 0.1) is 5.92 Å². The molecule has 118 valence electrons. The molecule has 2 fully saturated rings. The van der Waals surface area contributed by atoms with Crippen LogP contribution in [0.15, 0.2) is 12.2 Å². The molecule has 4 heteroatoms. The zero-order valence-electron chi connectivity index (χ0n) is 13.3. The maximum absolute atomic E-state index is 12.8. The molecule has 1 saturated carbocycles. The highest BCUT2D eigenvalue weighted by atomic mass is 16.2. The summed E-state index contributed by atoms with van der Waals surface area (Å²) in [6, 6.07) is -0.575. The second kappa shape index (κ2) is 7.62. The van der Waals surface area contributed by atoms with E-state index >= 15 is 0 Å². The average Bonchev–Trinajstić information content (AvgIpc) is 2.51. The fourth-order valence-corrected chi connectivity index (χ4v) is 3.62. The molecule has 2 rings (SSSR count). The maximum Gasteiger partial charge on any atom is 0.246 e. The zero-order valence-corrected chi connectivity index (χ0v) is 13.3. The topological polar surface area (TPSA) is 49.4 Å². The second-order valence-electron chi connectivity index (χ2n) is 6.20. The molecule has 2 atom stereocenters. The molecule has 1 heterocycles. The van der Waals surface area contributed by atoms with Crippen LogP contribution < -0.4 is 5.32 Å². The van der Waals surface area contributed by atoms with Crippen molar-refractivity contribution in [2.24, 2.45) is 5.92 Å². The van der Waals surface area contributed by atoms with E-state index < -0.39 is 0 Å². The van der Waals surface area contributed by atoms with E-state index in [0.717, 1.165) is 19.3 Å². The largest absolute Gasteiger partial charge is 0.342 e. The molecular formula is C17H28N2O2. The van der Waals surface area contributed by atoms with Gasteiger partial charge in [0.1, 0.15) is 12.1 Å². The van der Waals surface area contributed by atoms with E-state index in [2.05, 4.69) is 11.4 Å². The Morgan fingerprint density at radius 3 is 2.57 bits per heavy atom. The van der Waals surface area contributed by atoms with Crippen LogP contribution in [-0.2, 0) is 9.59 Å². The first-order valence-corrected chi connectivity index (χ1v) is 8.41. The third-order valence-electron chi connectivity index (χ3n) is 4.81. The van der Waals surface area contributed by atoms with Gasteiger partial charge in [0, 0.05) is 6.54 Å². The number of carbonyl (C=O) groups excluding carboxylic acids is 2. The van der Waals surface area contributed by atoms with E-state index in [9.17, 15) is 9.59 Å². The SMILES string of the molecule is C/C=C/CCN1C(=O)C(C2CCCCC2)NC(=O)C1CC. The van der Waals surface area contributed by atoms with Gasteiger partial charge in [-0.1, -0.05) is 38.3 Å². The van der Waals surface area contributed by atoms with E-state index in [1.807, 2.05) is 24.8 Å². The summed E-state index contributed by atoms with van der Waals surface area (Å²) in [5.41, 5.74) is 0. The highest BCUT2D eigenvalue weighted by Gasteiger charge is 2.42. The van der Waals surface area contributed by atoms with Crippen LogP contribution in [0.5, 0.6) is 0 Å². The normalized spacial score (nSPS) is 28.2. The van der Waals surface area contributed by atoms with Gasteiger partial charge in [0.25, 0.3) is 0 Å². The molecule has 0 aromatic carbocycles. The van der Waals surface area contributed by atoms with Crippen LogP contribution in [-0.4, -0.2) is 35.3 Å². The summed E-state index contributed by atoms with van der Waals surface area (Å²) in [7, 11) is 0. The lowest BCUT2D eigenvalue weighted by atomic mass is 9.82. The summed E-state index contributed by atoms with van der Waals surface area (Å²) >= 11 is 0.